The second-order valence-corrected chi connectivity index (χ2v) is 3.94. The predicted molar refractivity (Wildman–Crippen MR) is 55.5 cm³/mol. The van der Waals surface area contributed by atoms with Gasteiger partial charge in [-0.2, -0.15) is 0 Å². The van der Waals surface area contributed by atoms with Crippen molar-refractivity contribution in [2.45, 2.75) is 0 Å². The lowest BCUT2D eigenvalue weighted by atomic mass is 10.3. The van der Waals surface area contributed by atoms with Crippen LogP contribution in [0.3, 0.4) is 0 Å². The summed E-state index contributed by atoms with van der Waals surface area (Å²) < 4.78 is 1.65. The van der Waals surface area contributed by atoms with Gasteiger partial charge in [-0.1, -0.05) is 0 Å². The first kappa shape index (κ1) is 7.64. The lowest BCUT2D eigenvalue weighted by Gasteiger charge is -1.87. The summed E-state index contributed by atoms with van der Waals surface area (Å²) in [5.41, 5.74) is 0.673. The standard InChI is InChI=1S/C9H5N3OS/c13-9-8-7(11-4-12-9)5-1-2-10-3-6(5)14-8/h1-4H,(H,11,12,13). The van der Waals surface area contributed by atoms with Crippen LogP contribution in [-0.2, 0) is 0 Å². The number of hydrogen-bond donors (Lipinski definition) is 1. The Morgan fingerprint density at radius 3 is 3.29 bits per heavy atom. The molecule has 4 nitrogen and oxygen atoms in total. The highest BCUT2D eigenvalue weighted by molar-refractivity contribution is 7.25. The van der Waals surface area contributed by atoms with Gasteiger partial charge in [-0.25, -0.2) is 4.98 Å². The monoisotopic (exact) mass is 203 g/mol. The van der Waals surface area contributed by atoms with E-state index in [1.54, 1.807) is 12.4 Å². The lowest BCUT2D eigenvalue weighted by molar-refractivity contribution is 1.18. The third kappa shape index (κ3) is 0.898. The lowest BCUT2D eigenvalue weighted by Crippen LogP contribution is -2.03. The number of rotatable bonds is 0. The van der Waals surface area contributed by atoms with Gasteiger partial charge in [0.2, 0.25) is 0 Å². The zero-order valence-corrected chi connectivity index (χ0v) is 7.84. The predicted octanol–water partition coefficient (Wildman–Crippen LogP) is 1.53. The molecule has 0 aliphatic rings. The quantitative estimate of drug-likeness (QED) is 0.602. The van der Waals surface area contributed by atoms with Gasteiger partial charge in [0.1, 0.15) is 4.70 Å². The van der Waals surface area contributed by atoms with E-state index in [9.17, 15) is 4.79 Å². The topological polar surface area (TPSA) is 58.6 Å². The normalized spacial score (nSPS) is 11.1. The molecule has 0 unspecified atom stereocenters. The van der Waals surface area contributed by atoms with Crippen LogP contribution in [0.2, 0.25) is 0 Å². The molecule has 3 rings (SSSR count). The number of H-pyrrole nitrogens is 1. The highest BCUT2D eigenvalue weighted by Gasteiger charge is 2.07. The molecule has 3 aromatic heterocycles. The third-order valence-electron chi connectivity index (χ3n) is 2.06. The van der Waals surface area contributed by atoms with Crippen molar-refractivity contribution in [3.8, 4) is 0 Å². The van der Waals surface area contributed by atoms with Crippen LogP contribution in [0.4, 0.5) is 0 Å². The number of aromatic amines is 1. The zero-order chi connectivity index (χ0) is 9.54. The molecule has 1 N–H and O–H groups in total. The number of hydrogen-bond acceptors (Lipinski definition) is 4. The van der Waals surface area contributed by atoms with Crippen LogP contribution in [0.1, 0.15) is 0 Å². The molecule has 0 atom stereocenters. The van der Waals surface area contributed by atoms with Crippen molar-refractivity contribution in [1.82, 2.24) is 15.0 Å². The van der Waals surface area contributed by atoms with E-state index in [1.165, 1.54) is 17.7 Å². The van der Waals surface area contributed by atoms with Gasteiger partial charge < -0.3 is 4.98 Å². The number of pyridine rings is 1. The summed E-state index contributed by atoms with van der Waals surface area (Å²) in [7, 11) is 0. The highest BCUT2D eigenvalue weighted by atomic mass is 32.1. The number of fused-ring (bicyclic) bond motifs is 3. The molecule has 68 valence electrons. The number of aromatic nitrogens is 3. The van der Waals surface area contributed by atoms with Crippen molar-refractivity contribution in [2.75, 3.05) is 0 Å². The van der Waals surface area contributed by atoms with Gasteiger partial charge in [-0.15, -0.1) is 11.3 Å². The van der Waals surface area contributed by atoms with E-state index < -0.39 is 0 Å². The fourth-order valence-corrected chi connectivity index (χ4v) is 2.46. The van der Waals surface area contributed by atoms with Gasteiger partial charge in [0.05, 0.1) is 16.5 Å². The van der Waals surface area contributed by atoms with Gasteiger partial charge in [0.25, 0.3) is 5.56 Å². The van der Waals surface area contributed by atoms with Crippen molar-refractivity contribution in [3.63, 3.8) is 0 Å². The Morgan fingerprint density at radius 1 is 1.43 bits per heavy atom. The van der Waals surface area contributed by atoms with Crippen LogP contribution < -0.4 is 5.56 Å². The molecule has 0 bridgehead atoms. The maximum atomic E-state index is 11.4. The van der Waals surface area contributed by atoms with E-state index in [-0.39, 0.29) is 5.56 Å². The molecule has 5 heteroatoms. The molecule has 0 aliphatic heterocycles. The van der Waals surface area contributed by atoms with Gasteiger partial charge in [-0.3, -0.25) is 9.78 Å². The minimum absolute atomic E-state index is 0.0869. The Balaban J connectivity index is 2.70. The Labute approximate surface area is 82.3 Å². The summed E-state index contributed by atoms with van der Waals surface area (Å²) in [5.74, 6) is 0. The summed E-state index contributed by atoms with van der Waals surface area (Å²) in [5, 5.41) is 0.992. The van der Waals surface area contributed by atoms with E-state index in [4.69, 9.17) is 0 Å². The molecule has 0 aromatic carbocycles. The van der Waals surface area contributed by atoms with Crippen LogP contribution in [-0.4, -0.2) is 15.0 Å². The van der Waals surface area contributed by atoms with Crippen molar-refractivity contribution < 1.29 is 0 Å². The molecular weight excluding hydrogens is 198 g/mol. The van der Waals surface area contributed by atoms with Gasteiger partial charge in [-0.05, 0) is 6.07 Å². The van der Waals surface area contributed by atoms with Gasteiger partial charge in [0, 0.05) is 17.8 Å². The van der Waals surface area contributed by atoms with Gasteiger partial charge in [0.15, 0.2) is 0 Å². The largest absolute Gasteiger partial charge is 0.312 e. The first-order valence-electron chi connectivity index (χ1n) is 4.06. The molecular formula is C9H5N3OS. The van der Waals surface area contributed by atoms with Crippen molar-refractivity contribution in [1.29, 1.82) is 0 Å². The first-order valence-corrected chi connectivity index (χ1v) is 4.88. The maximum absolute atomic E-state index is 11.4. The van der Waals surface area contributed by atoms with Crippen LogP contribution in [0.25, 0.3) is 20.3 Å². The minimum atomic E-state index is -0.0869. The van der Waals surface area contributed by atoms with E-state index in [0.717, 1.165) is 15.6 Å². The Morgan fingerprint density at radius 2 is 2.36 bits per heavy atom. The fraction of sp³-hybridized carbons (Fsp3) is 0. The zero-order valence-electron chi connectivity index (χ0n) is 7.02. The van der Waals surface area contributed by atoms with Crippen LogP contribution in [0.15, 0.2) is 29.6 Å². The smallest absolute Gasteiger partial charge is 0.268 e. The summed E-state index contributed by atoms with van der Waals surface area (Å²) in [4.78, 5) is 22.2. The first-order chi connectivity index (χ1) is 6.86. The van der Waals surface area contributed by atoms with E-state index in [1.807, 2.05) is 6.07 Å². The van der Waals surface area contributed by atoms with Crippen LogP contribution >= 0.6 is 11.3 Å². The highest BCUT2D eigenvalue weighted by Crippen LogP contribution is 2.28. The summed E-state index contributed by atoms with van der Waals surface area (Å²) in [6.45, 7) is 0. The van der Waals surface area contributed by atoms with Crippen LogP contribution in [0.5, 0.6) is 0 Å². The molecule has 0 aliphatic carbocycles. The van der Waals surface area contributed by atoms with Gasteiger partial charge >= 0.3 is 0 Å². The van der Waals surface area contributed by atoms with Crippen molar-refractivity contribution >= 4 is 31.6 Å². The molecule has 3 heterocycles. The third-order valence-corrected chi connectivity index (χ3v) is 3.19. The Hall–Kier alpha value is -1.75. The van der Waals surface area contributed by atoms with E-state index in [0.29, 0.717) is 4.70 Å². The number of thiophene rings is 1. The molecule has 0 fully saturated rings. The van der Waals surface area contributed by atoms with Crippen LogP contribution in [0, 0.1) is 0 Å². The van der Waals surface area contributed by atoms with Crippen molar-refractivity contribution in [2.24, 2.45) is 0 Å². The fourth-order valence-electron chi connectivity index (χ4n) is 1.44. The molecule has 0 saturated heterocycles. The minimum Gasteiger partial charge on any atom is -0.312 e. The molecule has 0 amide bonds. The molecule has 0 spiro atoms. The molecule has 3 aromatic rings. The second kappa shape index (κ2) is 2.62. The summed E-state index contributed by atoms with van der Waals surface area (Å²) in [6, 6.07) is 1.88. The average molecular weight is 203 g/mol. The van der Waals surface area contributed by atoms with E-state index >= 15 is 0 Å². The number of nitrogens with zero attached hydrogens (tertiary/aromatic N) is 2. The van der Waals surface area contributed by atoms with Crippen molar-refractivity contribution in [3.05, 3.63) is 35.1 Å². The average Bonchev–Trinajstić information content (AvgIpc) is 2.59. The SMILES string of the molecule is O=c1[nH]cnc2c1sc1cnccc12. The number of nitrogens with one attached hydrogen (secondary N) is 1. The molecule has 0 radical (unpaired) electrons. The molecule has 14 heavy (non-hydrogen) atoms. The second-order valence-electron chi connectivity index (χ2n) is 2.88. The van der Waals surface area contributed by atoms with E-state index in [2.05, 4.69) is 15.0 Å². The molecule has 0 saturated carbocycles. The summed E-state index contributed by atoms with van der Waals surface area (Å²) >= 11 is 1.42. The summed E-state index contributed by atoms with van der Waals surface area (Å²) in [6.07, 6.45) is 4.88. The maximum Gasteiger partial charge on any atom is 0.268 e. The Kier molecular flexibility index (Phi) is 1.43. The Bertz CT molecular complexity index is 670.